The first-order valence-corrected chi connectivity index (χ1v) is 8.18. The van der Waals surface area contributed by atoms with Crippen LogP contribution in [0.2, 0.25) is 0 Å². The molecule has 0 aromatic carbocycles. The van der Waals surface area contributed by atoms with Crippen molar-refractivity contribution in [1.82, 2.24) is 10.0 Å². The minimum Gasteiger partial charge on any atom is -0.447 e. The highest BCUT2D eigenvalue weighted by molar-refractivity contribution is 7.89. The number of nitrogens with one attached hydrogen (secondary N) is 2. The van der Waals surface area contributed by atoms with Crippen molar-refractivity contribution in [3.05, 3.63) is 17.9 Å². The number of sulfonamides is 1. The van der Waals surface area contributed by atoms with E-state index in [1.807, 2.05) is 13.8 Å². The van der Waals surface area contributed by atoms with Crippen molar-refractivity contribution in [2.75, 3.05) is 13.7 Å². The maximum Gasteiger partial charge on any atom is 0.274 e. The molecule has 0 radical (unpaired) electrons. The summed E-state index contributed by atoms with van der Waals surface area (Å²) >= 11 is 0. The Morgan fingerprint density at radius 2 is 2.10 bits per heavy atom. The van der Waals surface area contributed by atoms with E-state index in [1.54, 1.807) is 13.2 Å². The van der Waals surface area contributed by atoms with E-state index in [0.29, 0.717) is 18.3 Å². The van der Waals surface area contributed by atoms with Gasteiger partial charge in [-0.3, -0.25) is 0 Å². The van der Waals surface area contributed by atoms with Crippen molar-refractivity contribution in [1.29, 1.82) is 0 Å². The molecule has 1 fully saturated rings. The van der Waals surface area contributed by atoms with Crippen LogP contribution < -0.4 is 10.0 Å². The van der Waals surface area contributed by atoms with Gasteiger partial charge >= 0.3 is 0 Å². The third-order valence-corrected chi connectivity index (χ3v) is 4.56. The summed E-state index contributed by atoms with van der Waals surface area (Å²) in [6, 6.07) is 3.72. The quantitative estimate of drug-likeness (QED) is 0.755. The fraction of sp³-hybridized carbons (Fsp3) is 0.692. The maximum atomic E-state index is 12.1. The molecule has 0 bridgehead atoms. The second kappa shape index (κ2) is 5.85. The Morgan fingerprint density at radius 3 is 2.70 bits per heavy atom. The van der Waals surface area contributed by atoms with Crippen LogP contribution in [0.1, 0.15) is 32.4 Å². The first kappa shape index (κ1) is 15.5. The van der Waals surface area contributed by atoms with Crippen LogP contribution in [0.5, 0.6) is 0 Å². The molecule has 6 nitrogen and oxygen atoms in total. The normalized spacial score (nSPS) is 16.6. The van der Waals surface area contributed by atoms with Crippen LogP contribution in [-0.2, 0) is 21.3 Å². The lowest BCUT2D eigenvalue weighted by Crippen LogP contribution is -2.39. The fourth-order valence-electron chi connectivity index (χ4n) is 1.54. The van der Waals surface area contributed by atoms with Gasteiger partial charge in [-0.2, -0.15) is 0 Å². The molecule has 2 N–H and O–H groups in total. The van der Waals surface area contributed by atoms with Gasteiger partial charge in [0.25, 0.3) is 10.0 Å². The van der Waals surface area contributed by atoms with Crippen molar-refractivity contribution in [3.63, 3.8) is 0 Å². The summed E-state index contributed by atoms with van der Waals surface area (Å²) in [5.41, 5.74) is -0.560. The number of methoxy groups -OCH3 is 1. The molecule has 114 valence electrons. The van der Waals surface area contributed by atoms with Gasteiger partial charge in [0.05, 0.1) is 12.1 Å². The van der Waals surface area contributed by atoms with Crippen LogP contribution in [-0.4, -0.2) is 33.7 Å². The van der Waals surface area contributed by atoms with E-state index in [2.05, 4.69) is 10.0 Å². The third-order valence-electron chi connectivity index (χ3n) is 3.28. The highest BCUT2D eigenvalue weighted by Gasteiger charge is 2.25. The number of rotatable bonds is 8. The van der Waals surface area contributed by atoms with E-state index in [9.17, 15) is 8.42 Å². The minimum atomic E-state index is -3.63. The predicted molar refractivity (Wildman–Crippen MR) is 74.8 cm³/mol. The Bertz CT molecular complexity index is 546. The summed E-state index contributed by atoms with van der Waals surface area (Å²) in [5, 5.41) is 3.22. The average Bonchev–Trinajstić information content (AvgIpc) is 3.10. The number of ether oxygens (including phenoxy) is 1. The molecule has 20 heavy (non-hydrogen) atoms. The van der Waals surface area contributed by atoms with Crippen LogP contribution in [0, 0.1) is 0 Å². The van der Waals surface area contributed by atoms with Crippen LogP contribution >= 0.6 is 0 Å². The standard InChI is InChI=1S/C13H22N2O4S/c1-13(2,18-3)9-15-20(16,17)12-7-6-11(19-12)8-14-10-4-5-10/h6-7,10,14-15H,4-5,8-9H2,1-3H3. The third kappa shape index (κ3) is 4.31. The minimum absolute atomic E-state index is 0.0583. The van der Waals surface area contributed by atoms with Gasteiger partial charge in [-0.15, -0.1) is 0 Å². The van der Waals surface area contributed by atoms with E-state index >= 15 is 0 Å². The molecule has 0 amide bonds. The molecular weight excluding hydrogens is 280 g/mol. The van der Waals surface area contributed by atoms with Gasteiger partial charge < -0.3 is 14.5 Å². The second-order valence-corrected chi connectivity index (χ2v) is 7.36. The van der Waals surface area contributed by atoms with Crippen LogP contribution in [0.25, 0.3) is 0 Å². The molecular formula is C13H22N2O4S. The topological polar surface area (TPSA) is 80.6 Å². The Kier molecular flexibility index (Phi) is 4.53. The molecule has 1 saturated carbocycles. The summed E-state index contributed by atoms with van der Waals surface area (Å²) in [6.45, 7) is 4.36. The number of furan rings is 1. The highest BCUT2D eigenvalue weighted by Crippen LogP contribution is 2.20. The number of hydrogen-bond acceptors (Lipinski definition) is 5. The Morgan fingerprint density at radius 1 is 1.40 bits per heavy atom. The molecule has 7 heteroatoms. The lowest BCUT2D eigenvalue weighted by molar-refractivity contribution is 0.0275. The van der Waals surface area contributed by atoms with Crippen LogP contribution in [0.3, 0.4) is 0 Å². The fourth-order valence-corrected chi connectivity index (χ4v) is 2.69. The molecule has 1 aliphatic rings. The summed E-state index contributed by atoms with van der Waals surface area (Å²) in [7, 11) is -2.09. The van der Waals surface area contributed by atoms with E-state index < -0.39 is 15.6 Å². The van der Waals surface area contributed by atoms with Gasteiger partial charge in [-0.05, 0) is 38.8 Å². The zero-order valence-electron chi connectivity index (χ0n) is 12.1. The summed E-state index contributed by atoms with van der Waals surface area (Å²) in [6.07, 6.45) is 2.36. The van der Waals surface area contributed by atoms with E-state index in [4.69, 9.17) is 9.15 Å². The second-order valence-electron chi connectivity index (χ2n) is 5.66. The zero-order chi connectivity index (χ0) is 14.8. The highest BCUT2D eigenvalue weighted by atomic mass is 32.2. The molecule has 0 atom stereocenters. The zero-order valence-corrected chi connectivity index (χ0v) is 12.9. The average molecular weight is 302 g/mol. The molecule has 0 aliphatic heterocycles. The lowest BCUT2D eigenvalue weighted by atomic mass is 10.1. The Balaban J connectivity index is 1.94. The molecule has 1 heterocycles. The van der Waals surface area contributed by atoms with Gasteiger partial charge in [-0.1, -0.05) is 0 Å². The van der Waals surface area contributed by atoms with E-state index in [0.717, 1.165) is 0 Å². The van der Waals surface area contributed by atoms with Crippen molar-refractivity contribution < 1.29 is 17.6 Å². The van der Waals surface area contributed by atoms with Crippen LogP contribution in [0.4, 0.5) is 0 Å². The molecule has 1 aromatic rings. The molecule has 0 unspecified atom stereocenters. The first-order valence-electron chi connectivity index (χ1n) is 6.69. The van der Waals surface area contributed by atoms with Gasteiger partial charge in [0.15, 0.2) is 0 Å². The van der Waals surface area contributed by atoms with Gasteiger partial charge in [0.1, 0.15) is 5.76 Å². The lowest BCUT2D eigenvalue weighted by Gasteiger charge is -2.22. The molecule has 1 aliphatic carbocycles. The molecule has 2 rings (SSSR count). The van der Waals surface area contributed by atoms with Gasteiger partial charge in [0.2, 0.25) is 5.09 Å². The van der Waals surface area contributed by atoms with Gasteiger partial charge in [0, 0.05) is 19.7 Å². The van der Waals surface area contributed by atoms with Crippen LogP contribution in [0.15, 0.2) is 21.6 Å². The SMILES string of the molecule is COC(C)(C)CNS(=O)(=O)c1ccc(CNC2CC2)o1. The summed E-state index contributed by atoms with van der Waals surface area (Å²) in [4.78, 5) is 0. The molecule has 0 spiro atoms. The first-order chi connectivity index (χ1) is 9.32. The van der Waals surface area contributed by atoms with Crippen molar-refractivity contribution >= 4 is 10.0 Å². The van der Waals surface area contributed by atoms with E-state index in [1.165, 1.54) is 18.9 Å². The maximum absolute atomic E-state index is 12.1. The monoisotopic (exact) mass is 302 g/mol. The Labute approximate surface area is 119 Å². The van der Waals surface area contributed by atoms with E-state index in [-0.39, 0.29) is 11.6 Å². The molecule has 1 aromatic heterocycles. The summed E-state index contributed by atoms with van der Waals surface area (Å²) < 4.78 is 37.2. The largest absolute Gasteiger partial charge is 0.447 e. The van der Waals surface area contributed by atoms with Crippen molar-refractivity contribution in [2.45, 2.75) is 50.0 Å². The summed E-state index contributed by atoms with van der Waals surface area (Å²) in [5.74, 6) is 0.628. The van der Waals surface area contributed by atoms with Gasteiger partial charge in [-0.25, -0.2) is 13.1 Å². The van der Waals surface area contributed by atoms with Crippen molar-refractivity contribution in [2.24, 2.45) is 0 Å². The predicted octanol–water partition coefficient (Wildman–Crippen LogP) is 1.23. The Hall–Kier alpha value is -0.890. The van der Waals surface area contributed by atoms with Crippen molar-refractivity contribution in [3.8, 4) is 0 Å². The smallest absolute Gasteiger partial charge is 0.274 e. The molecule has 0 saturated heterocycles. The number of hydrogen-bond donors (Lipinski definition) is 2.